The molecule has 1 aromatic rings. The third kappa shape index (κ3) is 1.55. The topological polar surface area (TPSA) is 45.5 Å². The minimum atomic E-state index is 0.0992. The molecule has 2 fully saturated rings. The predicted octanol–water partition coefficient (Wildman–Crippen LogP) is 0.714. The largest absolute Gasteiger partial charge is 0.472 e. The first-order chi connectivity index (χ1) is 7.33. The van der Waals surface area contributed by atoms with E-state index in [0.717, 1.165) is 19.6 Å². The van der Waals surface area contributed by atoms with Crippen molar-refractivity contribution < 1.29 is 9.21 Å². The molecule has 80 valence electrons. The van der Waals surface area contributed by atoms with Gasteiger partial charge in [0, 0.05) is 25.7 Å². The Morgan fingerprint density at radius 1 is 1.53 bits per heavy atom. The lowest BCUT2D eigenvalue weighted by molar-refractivity contribution is 0.0691. The molecule has 2 bridgehead atoms. The Morgan fingerprint density at radius 3 is 3.20 bits per heavy atom. The van der Waals surface area contributed by atoms with Crippen molar-refractivity contribution in [2.45, 2.75) is 12.5 Å². The smallest absolute Gasteiger partial charge is 0.257 e. The van der Waals surface area contributed by atoms with Crippen molar-refractivity contribution in [1.29, 1.82) is 0 Å². The molecule has 0 aliphatic carbocycles. The van der Waals surface area contributed by atoms with Crippen LogP contribution < -0.4 is 5.32 Å². The van der Waals surface area contributed by atoms with E-state index in [1.165, 1.54) is 12.7 Å². The Kier molecular flexibility index (Phi) is 2.02. The summed E-state index contributed by atoms with van der Waals surface area (Å²) in [7, 11) is 0. The van der Waals surface area contributed by atoms with Crippen LogP contribution in [0, 0.1) is 5.92 Å². The number of likely N-dealkylation sites (tertiary alicyclic amines) is 1. The molecule has 2 aliphatic heterocycles. The summed E-state index contributed by atoms with van der Waals surface area (Å²) >= 11 is 0. The van der Waals surface area contributed by atoms with Gasteiger partial charge in [-0.15, -0.1) is 0 Å². The average molecular weight is 206 g/mol. The average Bonchev–Trinajstić information content (AvgIpc) is 2.87. The number of furan rings is 1. The fraction of sp³-hybridized carbons (Fsp3) is 0.545. The lowest BCUT2D eigenvalue weighted by atomic mass is 9.99. The van der Waals surface area contributed by atoms with Gasteiger partial charge in [0.05, 0.1) is 11.8 Å². The molecule has 3 rings (SSSR count). The van der Waals surface area contributed by atoms with Crippen molar-refractivity contribution in [1.82, 2.24) is 10.2 Å². The van der Waals surface area contributed by atoms with Crippen LogP contribution >= 0.6 is 0 Å². The summed E-state index contributed by atoms with van der Waals surface area (Å²) in [4.78, 5) is 14.0. The van der Waals surface area contributed by atoms with Crippen molar-refractivity contribution in [3.63, 3.8) is 0 Å². The standard InChI is InChI=1S/C11H14N2O2/c14-11(9-1-2-15-7-9)13-5-8-3-10(6-13)12-4-8/h1-2,7-8,10,12H,3-6H2/t8-,10-/m1/s1. The molecule has 4 heteroatoms. The van der Waals surface area contributed by atoms with Crippen molar-refractivity contribution in [3.05, 3.63) is 24.2 Å². The molecule has 1 amide bonds. The summed E-state index contributed by atoms with van der Waals surface area (Å²) < 4.78 is 4.93. The number of nitrogens with one attached hydrogen (secondary N) is 1. The number of rotatable bonds is 1. The summed E-state index contributed by atoms with van der Waals surface area (Å²) in [6.45, 7) is 2.77. The van der Waals surface area contributed by atoms with E-state index in [-0.39, 0.29) is 5.91 Å². The summed E-state index contributed by atoms with van der Waals surface area (Å²) in [5.74, 6) is 0.738. The summed E-state index contributed by atoms with van der Waals surface area (Å²) in [5, 5.41) is 3.43. The molecule has 0 saturated carbocycles. The van der Waals surface area contributed by atoms with Gasteiger partial charge >= 0.3 is 0 Å². The molecule has 4 nitrogen and oxygen atoms in total. The quantitative estimate of drug-likeness (QED) is 0.736. The van der Waals surface area contributed by atoms with Crippen LogP contribution in [0.5, 0.6) is 0 Å². The first-order valence-corrected chi connectivity index (χ1v) is 5.38. The van der Waals surface area contributed by atoms with Gasteiger partial charge in [-0.25, -0.2) is 0 Å². The molecule has 15 heavy (non-hydrogen) atoms. The van der Waals surface area contributed by atoms with Gasteiger partial charge in [-0.05, 0) is 18.4 Å². The minimum absolute atomic E-state index is 0.0992. The number of piperidine rings is 1. The number of amides is 1. The zero-order chi connectivity index (χ0) is 10.3. The van der Waals surface area contributed by atoms with Crippen LogP contribution in [-0.2, 0) is 0 Å². The zero-order valence-electron chi connectivity index (χ0n) is 8.48. The number of hydrogen-bond donors (Lipinski definition) is 1. The first-order valence-electron chi connectivity index (χ1n) is 5.38. The molecule has 0 aromatic carbocycles. The maximum Gasteiger partial charge on any atom is 0.257 e. The SMILES string of the molecule is O=C(c1ccoc1)N1C[C@H]2CN[C@H](C2)C1. The second kappa shape index (κ2) is 3.38. The monoisotopic (exact) mass is 206 g/mol. The third-order valence-corrected chi connectivity index (χ3v) is 3.29. The van der Waals surface area contributed by atoms with E-state index < -0.39 is 0 Å². The van der Waals surface area contributed by atoms with E-state index in [9.17, 15) is 4.79 Å². The Morgan fingerprint density at radius 2 is 2.47 bits per heavy atom. The Labute approximate surface area is 88.2 Å². The Balaban J connectivity index is 1.75. The van der Waals surface area contributed by atoms with Gasteiger partial charge in [0.15, 0.2) is 0 Å². The van der Waals surface area contributed by atoms with Crippen molar-refractivity contribution in [2.24, 2.45) is 5.92 Å². The molecule has 3 heterocycles. The third-order valence-electron chi connectivity index (χ3n) is 3.29. The van der Waals surface area contributed by atoms with E-state index in [2.05, 4.69) is 5.32 Å². The molecule has 1 N–H and O–H groups in total. The Bertz CT molecular complexity index is 349. The number of fused-ring (bicyclic) bond motifs is 2. The second-order valence-electron chi connectivity index (χ2n) is 4.43. The lowest BCUT2D eigenvalue weighted by Crippen LogP contribution is -2.44. The van der Waals surface area contributed by atoms with Crippen LogP contribution in [0.25, 0.3) is 0 Å². The predicted molar refractivity (Wildman–Crippen MR) is 54.5 cm³/mol. The van der Waals surface area contributed by atoms with Gasteiger partial charge in [0.1, 0.15) is 6.26 Å². The fourth-order valence-corrected chi connectivity index (χ4v) is 2.57. The number of hydrogen-bond acceptors (Lipinski definition) is 3. The number of carbonyl (C=O) groups is 1. The number of carbonyl (C=O) groups excluding carboxylic acids is 1. The van der Waals surface area contributed by atoms with E-state index >= 15 is 0 Å². The molecular formula is C11H14N2O2. The van der Waals surface area contributed by atoms with Crippen molar-refractivity contribution in [2.75, 3.05) is 19.6 Å². The first kappa shape index (κ1) is 8.97. The van der Waals surface area contributed by atoms with E-state index in [1.807, 2.05) is 4.90 Å². The lowest BCUT2D eigenvalue weighted by Gasteiger charge is -2.30. The second-order valence-corrected chi connectivity index (χ2v) is 4.43. The van der Waals surface area contributed by atoms with Crippen molar-refractivity contribution in [3.8, 4) is 0 Å². The summed E-state index contributed by atoms with van der Waals surface area (Å²) in [6, 6.07) is 2.23. The van der Waals surface area contributed by atoms with E-state index in [4.69, 9.17) is 4.42 Å². The van der Waals surface area contributed by atoms with Crippen LogP contribution in [0.4, 0.5) is 0 Å². The maximum absolute atomic E-state index is 12.0. The highest BCUT2D eigenvalue weighted by molar-refractivity contribution is 5.93. The van der Waals surface area contributed by atoms with Gasteiger partial charge in [-0.3, -0.25) is 4.79 Å². The highest BCUT2D eigenvalue weighted by Gasteiger charge is 2.34. The molecule has 2 atom stereocenters. The summed E-state index contributed by atoms with van der Waals surface area (Å²) in [6.07, 6.45) is 4.28. The van der Waals surface area contributed by atoms with Crippen molar-refractivity contribution >= 4 is 5.91 Å². The molecule has 1 aromatic heterocycles. The highest BCUT2D eigenvalue weighted by atomic mass is 16.3. The highest BCUT2D eigenvalue weighted by Crippen LogP contribution is 2.23. The molecule has 2 aliphatic rings. The van der Waals surface area contributed by atoms with Gasteiger partial charge in [0.2, 0.25) is 0 Å². The van der Waals surface area contributed by atoms with Crippen LogP contribution in [-0.4, -0.2) is 36.5 Å². The maximum atomic E-state index is 12.0. The fourth-order valence-electron chi connectivity index (χ4n) is 2.57. The van der Waals surface area contributed by atoms with Gasteiger partial charge in [0.25, 0.3) is 5.91 Å². The zero-order valence-corrected chi connectivity index (χ0v) is 8.48. The number of nitrogens with zero attached hydrogens (tertiary/aromatic N) is 1. The van der Waals surface area contributed by atoms with Crippen LogP contribution in [0.15, 0.2) is 23.0 Å². The minimum Gasteiger partial charge on any atom is -0.472 e. The van der Waals surface area contributed by atoms with E-state index in [1.54, 1.807) is 12.3 Å². The molecular weight excluding hydrogens is 192 g/mol. The van der Waals surface area contributed by atoms with Crippen LogP contribution in [0.3, 0.4) is 0 Å². The van der Waals surface area contributed by atoms with Crippen LogP contribution in [0.2, 0.25) is 0 Å². The molecule has 0 spiro atoms. The molecule has 0 unspecified atom stereocenters. The Hall–Kier alpha value is -1.29. The van der Waals surface area contributed by atoms with Gasteiger partial charge in [-0.2, -0.15) is 0 Å². The molecule has 0 radical (unpaired) electrons. The van der Waals surface area contributed by atoms with E-state index in [0.29, 0.717) is 17.5 Å². The molecule has 2 saturated heterocycles. The summed E-state index contributed by atoms with van der Waals surface area (Å²) in [5.41, 5.74) is 0.663. The normalized spacial score (nSPS) is 29.5. The van der Waals surface area contributed by atoms with Gasteiger partial charge < -0.3 is 14.6 Å². The van der Waals surface area contributed by atoms with Crippen LogP contribution in [0.1, 0.15) is 16.8 Å². The van der Waals surface area contributed by atoms with Gasteiger partial charge in [-0.1, -0.05) is 0 Å².